The number of hydrogen-bond acceptors (Lipinski definition) is 5. The maximum atomic E-state index is 13.4. The number of hydrogen-bond donors (Lipinski definition) is 1. The van der Waals surface area contributed by atoms with Crippen molar-refractivity contribution in [2.75, 3.05) is 49.5 Å². The monoisotopic (exact) mass is 434 g/mol. The van der Waals surface area contributed by atoms with Crippen LogP contribution in [0.3, 0.4) is 0 Å². The molecule has 0 aliphatic carbocycles. The molecule has 0 saturated carbocycles. The lowest BCUT2D eigenvalue weighted by molar-refractivity contribution is -0.136. The van der Waals surface area contributed by atoms with Crippen LogP contribution >= 0.6 is 0 Å². The van der Waals surface area contributed by atoms with Gasteiger partial charge in [0.1, 0.15) is 11.5 Å². The number of carbonyl (C=O) groups is 2. The molecular formula is C25H27FN4O2. The summed E-state index contributed by atoms with van der Waals surface area (Å²) in [7, 11) is 0. The van der Waals surface area contributed by atoms with Gasteiger partial charge in [0.05, 0.1) is 5.57 Å². The third-order valence-electron chi connectivity index (χ3n) is 5.93. The van der Waals surface area contributed by atoms with Crippen molar-refractivity contribution in [3.8, 4) is 0 Å². The van der Waals surface area contributed by atoms with E-state index in [-0.39, 0.29) is 17.8 Å². The largest absolute Gasteiger partial charge is 0.369 e. The van der Waals surface area contributed by atoms with E-state index in [1.165, 1.54) is 30.3 Å². The van der Waals surface area contributed by atoms with Crippen molar-refractivity contribution in [3.63, 3.8) is 0 Å². The number of halogens is 1. The van der Waals surface area contributed by atoms with Crippen molar-refractivity contribution < 1.29 is 14.0 Å². The van der Waals surface area contributed by atoms with Gasteiger partial charge in [0.2, 0.25) is 0 Å². The van der Waals surface area contributed by atoms with Gasteiger partial charge in [0.15, 0.2) is 0 Å². The van der Waals surface area contributed by atoms with Crippen molar-refractivity contribution >= 4 is 28.8 Å². The lowest BCUT2D eigenvalue weighted by atomic mass is 10.0. The third kappa shape index (κ3) is 4.29. The highest BCUT2D eigenvalue weighted by Gasteiger charge is 2.38. The van der Waals surface area contributed by atoms with Gasteiger partial charge in [0.25, 0.3) is 11.8 Å². The van der Waals surface area contributed by atoms with Crippen LogP contribution < -0.4 is 10.2 Å². The van der Waals surface area contributed by atoms with Crippen LogP contribution in [0.1, 0.15) is 12.5 Å². The number of nitrogens with one attached hydrogen (secondary N) is 1. The molecule has 0 spiro atoms. The summed E-state index contributed by atoms with van der Waals surface area (Å²) in [5.41, 5.74) is 2.74. The number of imide groups is 1. The first kappa shape index (κ1) is 21.8. The van der Waals surface area contributed by atoms with E-state index in [1.54, 1.807) is 0 Å². The van der Waals surface area contributed by atoms with Crippen LogP contribution in [0, 0.1) is 5.82 Å². The zero-order valence-corrected chi connectivity index (χ0v) is 18.2. The number of carbonyl (C=O) groups excluding carboxylic acids is 2. The number of amides is 2. The predicted molar refractivity (Wildman–Crippen MR) is 125 cm³/mol. The minimum absolute atomic E-state index is 0.107. The molecule has 6 nitrogen and oxygen atoms in total. The lowest BCUT2D eigenvalue weighted by Gasteiger charge is -2.35. The predicted octanol–water partition coefficient (Wildman–Crippen LogP) is 3.35. The maximum absolute atomic E-state index is 13.4. The Bertz CT molecular complexity index is 1040. The van der Waals surface area contributed by atoms with Gasteiger partial charge >= 0.3 is 0 Å². The average Bonchev–Trinajstić information content (AvgIpc) is 3.05. The molecule has 7 heteroatoms. The summed E-state index contributed by atoms with van der Waals surface area (Å²) in [6.45, 7) is 11.0. The van der Waals surface area contributed by atoms with Gasteiger partial charge in [-0.2, -0.15) is 0 Å². The van der Waals surface area contributed by atoms with Crippen LogP contribution in [0.5, 0.6) is 0 Å². The number of benzene rings is 2. The Balaban J connectivity index is 1.58. The highest BCUT2D eigenvalue weighted by molar-refractivity contribution is 6.36. The maximum Gasteiger partial charge on any atom is 0.278 e. The molecule has 2 aromatic carbocycles. The van der Waals surface area contributed by atoms with E-state index < -0.39 is 17.6 Å². The summed E-state index contributed by atoms with van der Waals surface area (Å²) in [5, 5.41) is 3.13. The first-order valence-electron chi connectivity index (χ1n) is 10.8. The van der Waals surface area contributed by atoms with E-state index in [2.05, 4.69) is 28.6 Å². The first-order chi connectivity index (χ1) is 15.5. The second-order valence-electron chi connectivity index (χ2n) is 7.86. The number of anilines is 2. The summed E-state index contributed by atoms with van der Waals surface area (Å²) in [5.74, 6) is -1.25. The first-order valence-corrected chi connectivity index (χ1v) is 10.8. The third-order valence-corrected chi connectivity index (χ3v) is 5.93. The fourth-order valence-electron chi connectivity index (χ4n) is 4.09. The van der Waals surface area contributed by atoms with Gasteiger partial charge in [0, 0.05) is 44.1 Å². The van der Waals surface area contributed by atoms with Gasteiger partial charge in [-0.3, -0.25) is 14.5 Å². The molecule has 1 N–H and O–H groups in total. The molecule has 0 unspecified atom stereocenters. The second kappa shape index (κ2) is 9.36. The molecule has 2 heterocycles. The van der Waals surface area contributed by atoms with Crippen molar-refractivity contribution in [1.29, 1.82) is 0 Å². The van der Waals surface area contributed by atoms with Gasteiger partial charge in [-0.25, -0.2) is 4.39 Å². The normalized spacial score (nSPS) is 17.3. The Morgan fingerprint density at radius 3 is 2.22 bits per heavy atom. The van der Waals surface area contributed by atoms with E-state index in [9.17, 15) is 14.0 Å². The SMILES string of the molecule is C=CCN1C(=O)C(Nc2ccc(N3CCN(CC)CC3)cc2)=C(c2ccc(F)cc2)C1=O. The molecule has 0 atom stereocenters. The van der Waals surface area contributed by atoms with Crippen molar-refractivity contribution in [2.24, 2.45) is 0 Å². The van der Waals surface area contributed by atoms with Crippen LogP contribution in [0.25, 0.3) is 5.57 Å². The van der Waals surface area contributed by atoms with Crippen LogP contribution in [0.2, 0.25) is 0 Å². The molecule has 166 valence electrons. The lowest BCUT2D eigenvalue weighted by Crippen LogP contribution is -2.46. The highest BCUT2D eigenvalue weighted by atomic mass is 19.1. The van der Waals surface area contributed by atoms with E-state index in [1.807, 2.05) is 24.3 Å². The second-order valence-corrected chi connectivity index (χ2v) is 7.86. The molecule has 4 rings (SSSR count). The smallest absolute Gasteiger partial charge is 0.278 e. The number of likely N-dealkylation sites (N-methyl/N-ethyl adjacent to an activating group) is 1. The van der Waals surface area contributed by atoms with Crippen LogP contribution in [-0.2, 0) is 9.59 Å². The Kier molecular flexibility index (Phi) is 6.37. The summed E-state index contributed by atoms with van der Waals surface area (Å²) in [4.78, 5) is 31.8. The van der Waals surface area contributed by atoms with E-state index >= 15 is 0 Å². The van der Waals surface area contributed by atoms with Crippen LogP contribution in [-0.4, -0.2) is 60.9 Å². The van der Waals surface area contributed by atoms with E-state index in [4.69, 9.17) is 0 Å². The summed E-state index contributed by atoms with van der Waals surface area (Å²) < 4.78 is 13.4. The minimum Gasteiger partial charge on any atom is -0.369 e. The van der Waals surface area contributed by atoms with Gasteiger partial charge < -0.3 is 15.1 Å². The van der Waals surface area contributed by atoms with Crippen molar-refractivity contribution in [3.05, 3.63) is 78.3 Å². The fourth-order valence-corrected chi connectivity index (χ4v) is 4.09. The van der Waals surface area contributed by atoms with Crippen molar-refractivity contribution in [2.45, 2.75) is 6.92 Å². The molecule has 0 radical (unpaired) electrons. The minimum atomic E-state index is -0.422. The number of rotatable bonds is 7. The molecule has 0 bridgehead atoms. The van der Waals surface area contributed by atoms with Crippen LogP contribution in [0.4, 0.5) is 15.8 Å². The molecule has 1 saturated heterocycles. The molecule has 1 fully saturated rings. The Labute approximate surface area is 187 Å². The van der Waals surface area contributed by atoms with E-state index in [0.29, 0.717) is 11.3 Å². The highest BCUT2D eigenvalue weighted by Crippen LogP contribution is 2.31. The summed E-state index contributed by atoms with van der Waals surface area (Å²) in [6.07, 6.45) is 1.51. The van der Waals surface area contributed by atoms with Gasteiger partial charge in [-0.15, -0.1) is 6.58 Å². The van der Waals surface area contributed by atoms with Crippen LogP contribution in [0.15, 0.2) is 66.9 Å². The Hall–Kier alpha value is -3.45. The van der Waals surface area contributed by atoms with E-state index in [0.717, 1.165) is 43.3 Å². The standard InChI is InChI=1S/C25H27FN4O2/c1-3-13-30-24(31)22(18-5-7-19(26)8-6-18)23(25(30)32)27-20-9-11-21(12-10-20)29-16-14-28(4-2)15-17-29/h3,5-12,27H,1,4,13-17H2,2H3. The molecule has 32 heavy (non-hydrogen) atoms. The van der Waals surface area contributed by atoms with Gasteiger partial charge in [-0.1, -0.05) is 25.1 Å². The van der Waals surface area contributed by atoms with Gasteiger partial charge in [-0.05, 0) is 48.5 Å². The zero-order valence-electron chi connectivity index (χ0n) is 18.2. The molecule has 2 aliphatic heterocycles. The summed E-state index contributed by atoms with van der Waals surface area (Å²) in [6, 6.07) is 13.4. The van der Waals surface area contributed by atoms with Crippen molar-refractivity contribution in [1.82, 2.24) is 9.80 Å². The Morgan fingerprint density at radius 1 is 0.969 bits per heavy atom. The average molecular weight is 435 g/mol. The molecule has 2 aliphatic rings. The number of piperazine rings is 1. The fraction of sp³-hybridized carbons (Fsp3) is 0.280. The zero-order chi connectivity index (χ0) is 22.7. The number of nitrogens with zero attached hydrogens (tertiary/aromatic N) is 3. The Morgan fingerprint density at radius 2 is 1.62 bits per heavy atom. The molecule has 0 aromatic heterocycles. The quantitative estimate of drug-likeness (QED) is 0.535. The molecule has 2 amide bonds. The molecular weight excluding hydrogens is 407 g/mol. The topological polar surface area (TPSA) is 55.9 Å². The molecule has 2 aromatic rings. The summed E-state index contributed by atoms with van der Waals surface area (Å²) >= 11 is 0.